The second kappa shape index (κ2) is 9.05. The molecule has 4 rings (SSSR count). The highest BCUT2D eigenvalue weighted by atomic mass is 19.2. The van der Waals surface area contributed by atoms with Crippen LogP contribution in [0, 0.1) is 29.1 Å². The van der Waals surface area contributed by atoms with Crippen LogP contribution in [0.15, 0.2) is 42.2 Å². The van der Waals surface area contributed by atoms with Crippen LogP contribution < -0.4 is 18.9 Å². The Morgan fingerprint density at radius 1 is 0.882 bits per heavy atom. The van der Waals surface area contributed by atoms with E-state index in [1.165, 1.54) is 38.5 Å². The monoisotopic (exact) mass is 478 g/mol. The van der Waals surface area contributed by atoms with Crippen molar-refractivity contribution in [3.63, 3.8) is 0 Å². The number of hydrogen-bond donors (Lipinski definition) is 0. The van der Waals surface area contributed by atoms with E-state index in [2.05, 4.69) is 0 Å². The summed E-state index contributed by atoms with van der Waals surface area (Å²) in [4.78, 5) is 12.7. The van der Waals surface area contributed by atoms with Crippen LogP contribution in [0.5, 0.6) is 23.0 Å². The lowest BCUT2D eigenvalue weighted by Gasteiger charge is -2.11. The summed E-state index contributed by atoms with van der Waals surface area (Å²) in [5.41, 5.74) is -0.419. The number of hydrogen-bond acceptors (Lipinski definition) is 5. The molecule has 0 aliphatic carbocycles. The molecule has 0 saturated heterocycles. The van der Waals surface area contributed by atoms with E-state index < -0.39 is 47.0 Å². The number of halogens is 5. The number of para-hydroxylation sites is 1. The first-order chi connectivity index (χ1) is 16.3. The molecule has 0 spiro atoms. The van der Waals surface area contributed by atoms with Crippen LogP contribution in [0.2, 0.25) is 0 Å². The van der Waals surface area contributed by atoms with Gasteiger partial charge in [0.25, 0.3) is 0 Å². The summed E-state index contributed by atoms with van der Waals surface area (Å²) in [6.07, 6.45) is 1.46. The molecule has 1 heterocycles. The maximum Gasteiger partial charge on any atom is 0.231 e. The van der Waals surface area contributed by atoms with Crippen molar-refractivity contribution < 1.29 is 45.7 Å². The minimum Gasteiger partial charge on any atom is -0.493 e. The molecule has 10 heteroatoms. The Morgan fingerprint density at radius 3 is 2.21 bits per heavy atom. The molecule has 0 aromatic heterocycles. The zero-order chi connectivity index (χ0) is 24.6. The summed E-state index contributed by atoms with van der Waals surface area (Å²) in [6.45, 7) is -0.942. The molecule has 3 aromatic carbocycles. The molecule has 34 heavy (non-hydrogen) atoms. The SMILES string of the molecule is COc1cccc(/C=C2\Oc3cc(OCc4c(F)c(F)c(F)c(F)c4F)ccc3C2=O)c1OC. The third-order valence-corrected chi connectivity index (χ3v) is 5.05. The van der Waals surface area contributed by atoms with E-state index in [0.717, 1.165) is 0 Å². The highest BCUT2D eigenvalue weighted by molar-refractivity contribution is 6.14. The minimum atomic E-state index is -2.25. The molecule has 1 aliphatic rings. The van der Waals surface area contributed by atoms with Gasteiger partial charge in [-0.3, -0.25) is 4.79 Å². The number of Topliss-reactive ketones (excluding diaryl/α,β-unsaturated/α-hetero) is 1. The summed E-state index contributed by atoms with van der Waals surface area (Å²) >= 11 is 0. The topological polar surface area (TPSA) is 54.0 Å². The van der Waals surface area contributed by atoms with Crippen molar-refractivity contribution in [3.05, 3.63) is 87.9 Å². The molecular weight excluding hydrogens is 463 g/mol. The molecule has 1 aliphatic heterocycles. The van der Waals surface area contributed by atoms with Crippen LogP contribution in [-0.2, 0) is 6.61 Å². The molecular formula is C24H15F5O5. The van der Waals surface area contributed by atoms with E-state index in [0.29, 0.717) is 17.1 Å². The number of benzene rings is 3. The van der Waals surface area contributed by atoms with Crippen molar-refractivity contribution in [2.45, 2.75) is 6.61 Å². The zero-order valence-electron chi connectivity index (χ0n) is 17.7. The summed E-state index contributed by atoms with van der Waals surface area (Å²) < 4.78 is 89.0. The van der Waals surface area contributed by atoms with Crippen molar-refractivity contribution in [1.29, 1.82) is 0 Å². The van der Waals surface area contributed by atoms with Crippen molar-refractivity contribution in [2.24, 2.45) is 0 Å². The fourth-order valence-electron chi connectivity index (χ4n) is 3.36. The van der Waals surface area contributed by atoms with Gasteiger partial charge >= 0.3 is 0 Å². The second-order valence-electron chi connectivity index (χ2n) is 7.02. The van der Waals surface area contributed by atoms with Gasteiger partial charge in [-0.2, -0.15) is 0 Å². The summed E-state index contributed by atoms with van der Waals surface area (Å²) in [5.74, 6) is -9.92. The third-order valence-electron chi connectivity index (χ3n) is 5.05. The highest BCUT2D eigenvalue weighted by Crippen LogP contribution is 2.38. The molecule has 176 valence electrons. The highest BCUT2D eigenvalue weighted by Gasteiger charge is 2.29. The first-order valence-electron chi connectivity index (χ1n) is 9.69. The van der Waals surface area contributed by atoms with Gasteiger partial charge in [0, 0.05) is 11.6 Å². The van der Waals surface area contributed by atoms with Gasteiger partial charge in [-0.05, 0) is 24.3 Å². The molecule has 0 saturated carbocycles. The quantitative estimate of drug-likeness (QED) is 0.200. The van der Waals surface area contributed by atoms with Gasteiger partial charge in [-0.1, -0.05) is 12.1 Å². The Bertz CT molecular complexity index is 1310. The lowest BCUT2D eigenvalue weighted by molar-refractivity contribution is 0.101. The van der Waals surface area contributed by atoms with Gasteiger partial charge < -0.3 is 18.9 Å². The van der Waals surface area contributed by atoms with Gasteiger partial charge in [0.05, 0.1) is 25.3 Å². The average Bonchev–Trinajstić information content (AvgIpc) is 3.15. The van der Waals surface area contributed by atoms with Gasteiger partial charge in [-0.25, -0.2) is 22.0 Å². The van der Waals surface area contributed by atoms with Crippen LogP contribution >= 0.6 is 0 Å². The normalized spacial score (nSPS) is 13.6. The van der Waals surface area contributed by atoms with Crippen molar-refractivity contribution in [1.82, 2.24) is 0 Å². The molecule has 0 fully saturated rings. The lowest BCUT2D eigenvalue weighted by Crippen LogP contribution is -2.09. The van der Waals surface area contributed by atoms with E-state index in [1.54, 1.807) is 18.2 Å². The van der Waals surface area contributed by atoms with Crippen LogP contribution in [0.1, 0.15) is 21.5 Å². The lowest BCUT2D eigenvalue weighted by atomic mass is 10.1. The molecule has 0 unspecified atom stereocenters. The molecule has 0 radical (unpaired) electrons. The Labute approximate surface area is 189 Å². The number of ether oxygens (including phenoxy) is 4. The van der Waals surface area contributed by atoms with Crippen LogP contribution in [0.25, 0.3) is 6.08 Å². The fraction of sp³-hybridized carbons (Fsp3) is 0.125. The zero-order valence-corrected chi connectivity index (χ0v) is 17.7. The van der Waals surface area contributed by atoms with Crippen molar-refractivity contribution >= 4 is 11.9 Å². The Kier molecular flexibility index (Phi) is 6.14. The number of rotatable bonds is 6. The van der Waals surface area contributed by atoms with Crippen LogP contribution in [0.3, 0.4) is 0 Å². The molecule has 0 amide bonds. The molecule has 0 bridgehead atoms. The van der Waals surface area contributed by atoms with E-state index in [9.17, 15) is 26.7 Å². The number of ketones is 1. The predicted molar refractivity (Wildman–Crippen MR) is 109 cm³/mol. The maximum atomic E-state index is 13.9. The summed E-state index contributed by atoms with van der Waals surface area (Å²) in [7, 11) is 2.91. The Balaban J connectivity index is 1.58. The van der Waals surface area contributed by atoms with Crippen LogP contribution in [-0.4, -0.2) is 20.0 Å². The van der Waals surface area contributed by atoms with Crippen molar-refractivity contribution in [3.8, 4) is 23.0 Å². The predicted octanol–water partition coefficient (Wildman–Crippen LogP) is 5.59. The van der Waals surface area contributed by atoms with E-state index in [-0.39, 0.29) is 22.8 Å². The van der Waals surface area contributed by atoms with E-state index in [4.69, 9.17) is 18.9 Å². The largest absolute Gasteiger partial charge is 0.493 e. The Morgan fingerprint density at radius 2 is 1.56 bits per heavy atom. The van der Waals surface area contributed by atoms with Gasteiger partial charge in [0.15, 0.2) is 40.5 Å². The van der Waals surface area contributed by atoms with E-state index >= 15 is 0 Å². The molecule has 0 N–H and O–H groups in total. The number of carbonyl (C=O) groups is 1. The first-order valence-corrected chi connectivity index (χ1v) is 9.69. The maximum absolute atomic E-state index is 13.9. The summed E-state index contributed by atoms with van der Waals surface area (Å²) in [5, 5.41) is 0. The number of fused-ring (bicyclic) bond motifs is 1. The minimum absolute atomic E-state index is 0.0179. The third kappa shape index (κ3) is 3.91. The Hall–Kier alpha value is -4.08. The van der Waals surface area contributed by atoms with Crippen LogP contribution in [0.4, 0.5) is 22.0 Å². The first kappa shape index (κ1) is 23.1. The number of methoxy groups -OCH3 is 2. The van der Waals surface area contributed by atoms with E-state index in [1.807, 2.05) is 0 Å². The average molecular weight is 478 g/mol. The number of allylic oxidation sites excluding steroid dienone is 1. The number of carbonyl (C=O) groups excluding carboxylic acids is 1. The molecule has 5 nitrogen and oxygen atoms in total. The van der Waals surface area contributed by atoms with Gasteiger partial charge in [0.2, 0.25) is 11.6 Å². The summed E-state index contributed by atoms with van der Waals surface area (Å²) in [6, 6.07) is 9.00. The van der Waals surface area contributed by atoms with Gasteiger partial charge in [-0.15, -0.1) is 0 Å². The smallest absolute Gasteiger partial charge is 0.231 e. The van der Waals surface area contributed by atoms with Gasteiger partial charge in [0.1, 0.15) is 18.1 Å². The second-order valence-corrected chi connectivity index (χ2v) is 7.02. The molecule has 3 aromatic rings. The standard InChI is InChI=1S/C24H15F5O5/c1-31-15-5-3-4-11(24(15)32-2)8-17-23(30)13-7-6-12(9-16(13)34-17)33-10-14-18(25)20(27)22(29)21(28)19(14)26/h3-9H,10H2,1-2H3/b17-8-. The van der Waals surface area contributed by atoms with Crippen molar-refractivity contribution in [2.75, 3.05) is 14.2 Å². The fourth-order valence-corrected chi connectivity index (χ4v) is 3.36. The molecule has 0 atom stereocenters.